The van der Waals surface area contributed by atoms with Crippen LogP contribution >= 0.6 is 0 Å². The molecule has 25 heavy (non-hydrogen) atoms. The maximum Gasteiger partial charge on any atom is 0.309 e. The predicted octanol–water partition coefficient (Wildman–Crippen LogP) is 2.19. The van der Waals surface area contributed by atoms with Crippen molar-refractivity contribution in [3.63, 3.8) is 0 Å². The molecular weight excluding hydrogens is 349 g/mol. The summed E-state index contributed by atoms with van der Waals surface area (Å²) in [7, 11) is -3.89. The van der Waals surface area contributed by atoms with E-state index in [1.54, 1.807) is 0 Å². The predicted molar refractivity (Wildman–Crippen MR) is 89.9 cm³/mol. The van der Waals surface area contributed by atoms with Crippen LogP contribution < -0.4 is 0 Å². The molecule has 1 aliphatic heterocycles. The third kappa shape index (κ3) is 5.23. The molecule has 0 saturated carbocycles. The first-order valence-electron chi connectivity index (χ1n) is 8.35. The monoisotopic (exact) mass is 373 g/mol. The number of rotatable bonds is 7. The van der Waals surface area contributed by atoms with Crippen molar-refractivity contribution in [3.8, 4) is 0 Å². The fourth-order valence-corrected chi connectivity index (χ4v) is 4.20. The molecule has 2 rings (SSSR count). The topological polar surface area (TPSA) is 72.9 Å². The molecule has 1 heterocycles. The summed E-state index contributed by atoms with van der Waals surface area (Å²) in [6.07, 6.45) is 0.792. The van der Waals surface area contributed by atoms with Gasteiger partial charge in [-0.2, -0.15) is 4.31 Å². The Morgan fingerprint density at radius 3 is 2.48 bits per heavy atom. The normalized spacial score (nSPS) is 17.0. The Kier molecular flexibility index (Phi) is 6.92. The minimum absolute atomic E-state index is 0.0746. The SMILES string of the molecule is CC(C)OCCOC(=O)C1CCN(S(=O)(=O)c2ccccc2F)CC1. The molecule has 1 aliphatic rings. The Labute approximate surface area is 148 Å². The van der Waals surface area contributed by atoms with Crippen LogP contribution in [-0.4, -0.2) is 51.1 Å². The molecule has 1 aromatic carbocycles. The van der Waals surface area contributed by atoms with Crippen LogP contribution in [0.3, 0.4) is 0 Å². The molecule has 140 valence electrons. The van der Waals surface area contributed by atoms with Crippen LogP contribution in [0.25, 0.3) is 0 Å². The first-order chi connectivity index (χ1) is 11.8. The summed E-state index contributed by atoms with van der Waals surface area (Å²) < 4.78 is 50.5. The molecule has 0 radical (unpaired) electrons. The van der Waals surface area contributed by atoms with Crippen molar-refractivity contribution < 1.29 is 27.1 Å². The van der Waals surface area contributed by atoms with E-state index in [1.807, 2.05) is 13.8 Å². The number of hydrogen-bond acceptors (Lipinski definition) is 5. The molecule has 0 unspecified atom stereocenters. The summed E-state index contributed by atoms with van der Waals surface area (Å²) in [4.78, 5) is 11.7. The first kappa shape index (κ1) is 19.8. The van der Waals surface area contributed by atoms with Gasteiger partial charge in [0, 0.05) is 13.1 Å². The van der Waals surface area contributed by atoms with Gasteiger partial charge < -0.3 is 9.47 Å². The zero-order valence-electron chi connectivity index (χ0n) is 14.5. The average Bonchev–Trinajstić information content (AvgIpc) is 2.58. The minimum atomic E-state index is -3.89. The molecule has 0 N–H and O–H groups in total. The Bertz CT molecular complexity index is 684. The maximum absolute atomic E-state index is 13.8. The number of piperidine rings is 1. The van der Waals surface area contributed by atoms with E-state index in [1.165, 1.54) is 22.5 Å². The van der Waals surface area contributed by atoms with Gasteiger partial charge >= 0.3 is 5.97 Å². The van der Waals surface area contributed by atoms with Crippen LogP contribution in [0.4, 0.5) is 4.39 Å². The van der Waals surface area contributed by atoms with Gasteiger partial charge in [0.2, 0.25) is 10.0 Å². The van der Waals surface area contributed by atoms with Crippen molar-refractivity contribution in [3.05, 3.63) is 30.1 Å². The number of hydrogen-bond donors (Lipinski definition) is 0. The molecule has 0 atom stereocenters. The average molecular weight is 373 g/mol. The van der Waals surface area contributed by atoms with Gasteiger partial charge in [-0.15, -0.1) is 0 Å². The lowest BCUT2D eigenvalue weighted by atomic mass is 9.98. The third-order valence-electron chi connectivity index (χ3n) is 4.02. The van der Waals surface area contributed by atoms with Crippen molar-refractivity contribution in [2.24, 2.45) is 5.92 Å². The highest BCUT2D eigenvalue weighted by molar-refractivity contribution is 7.89. The fraction of sp³-hybridized carbons (Fsp3) is 0.588. The zero-order valence-corrected chi connectivity index (χ0v) is 15.3. The van der Waals surface area contributed by atoms with Gasteiger partial charge in [0.05, 0.1) is 18.6 Å². The van der Waals surface area contributed by atoms with Crippen molar-refractivity contribution in [1.82, 2.24) is 4.31 Å². The van der Waals surface area contributed by atoms with Gasteiger partial charge in [-0.05, 0) is 38.8 Å². The van der Waals surface area contributed by atoms with E-state index in [0.717, 1.165) is 6.07 Å². The largest absolute Gasteiger partial charge is 0.463 e. The Hall–Kier alpha value is -1.51. The van der Waals surface area contributed by atoms with E-state index in [0.29, 0.717) is 19.4 Å². The number of esters is 1. The number of carbonyl (C=O) groups is 1. The van der Waals surface area contributed by atoms with Crippen LogP contribution in [0.15, 0.2) is 29.2 Å². The van der Waals surface area contributed by atoms with Gasteiger partial charge in [0.1, 0.15) is 17.3 Å². The molecule has 1 aromatic rings. The zero-order chi connectivity index (χ0) is 18.4. The summed E-state index contributed by atoms with van der Waals surface area (Å²) in [6, 6.07) is 5.30. The highest BCUT2D eigenvalue weighted by Crippen LogP contribution is 2.25. The van der Waals surface area contributed by atoms with Crippen LogP contribution in [0, 0.1) is 11.7 Å². The molecule has 0 bridgehead atoms. The van der Waals surface area contributed by atoms with Crippen LogP contribution in [0.1, 0.15) is 26.7 Å². The lowest BCUT2D eigenvalue weighted by Gasteiger charge is -2.30. The van der Waals surface area contributed by atoms with Gasteiger partial charge in [0.15, 0.2) is 0 Å². The second-order valence-electron chi connectivity index (χ2n) is 6.20. The quantitative estimate of drug-likeness (QED) is 0.541. The maximum atomic E-state index is 13.8. The lowest BCUT2D eigenvalue weighted by Crippen LogP contribution is -2.41. The molecule has 6 nitrogen and oxygen atoms in total. The summed E-state index contributed by atoms with van der Waals surface area (Å²) in [5, 5.41) is 0. The smallest absolute Gasteiger partial charge is 0.309 e. The van der Waals surface area contributed by atoms with Crippen molar-refractivity contribution in [2.45, 2.75) is 37.7 Å². The molecule has 0 aliphatic carbocycles. The number of halogens is 1. The standard InChI is InChI=1S/C17H24FNO5S/c1-13(2)23-11-12-24-17(20)14-7-9-19(10-8-14)25(21,22)16-6-4-3-5-15(16)18/h3-6,13-14H,7-12H2,1-2H3. The highest BCUT2D eigenvalue weighted by Gasteiger charge is 2.33. The third-order valence-corrected chi connectivity index (χ3v) is 5.95. The van der Waals surface area contributed by atoms with Gasteiger partial charge in [-0.1, -0.05) is 12.1 Å². The van der Waals surface area contributed by atoms with E-state index in [2.05, 4.69) is 0 Å². The Morgan fingerprint density at radius 1 is 1.24 bits per heavy atom. The molecule has 0 amide bonds. The summed E-state index contributed by atoms with van der Waals surface area (Å²) in [6.45, 7) is 4.65. The summed E-state index contributed by atoms with van der Waals surface area (Å²) >= 11 is 0. The van der Waals surface area contributed by atoms with E-state index in [-0.39, 0.29) is 42.6 Å². The van der Waals surface area contributed by atoms with Crippen molar-refractivity contribution >= 4 is 16.0 Å². The molecule has 0 aromatic heterocycles. The van der Waals surface area contributed by atoms with Gasteiger partial charge in [0.25, 0.3) is 0 Å². The molecule has 0 spiro atoms. The lowest BCUT2D eigenvalue weighted by molar-refractivity contribution is -0.151. The number of sulfonamides is 1. The Morgan fingerprint density at radius 2 is 1.88 bits per heavy atom. The first-order valence-corrected chi connectivity index (χ1v) is 9.79. The number of benzene rings is 1. The van der Waals surface area contributed by atoms with Gasteiger partial charge in [-0.25, -0.2) is 12.8 Å². The van der Waals surface area contributed by atoms with Gasteiger partial charge in [-0.3, -0.25) is 4.79 Å². The van der Waals surface area contributed by atoms with E-state index in [4.69, 9.17) is 9.47 Å². The second kappa shape index (κ2) is 8.73. The molecule has 8 heteroatoms. The van der Waals surface area contributed by atoms with Crippen LogP contribution in [-0.2, 0) is 24.3 Å². The summed E-state index contributed by atoms with van der Waals surface area (Å²) in [5.74, 6) is -1.45. The molecule has 1 saturated heterocycles. The number of ether oxygens (including phenoxy) is 2. The second-order valence-corrected chi connectivity index (χ2v) is 8.10. The van der Waals surface area contributed by atoms with Crippen LogP contribution in [0.5, 0.6) is 0 Å². The summed E-state index contributed by atoms with van der Waals surface area (Å²) in [5.41, 5.74) is 0. The number of nitrogens with zero attached hydrogens (tertiary/aromatic N) is 1. The van der Waals surface area contributed by atoms with E-state index >= 15 is 0 Å². The number of carbonyl (C=O) groups excluding carboxylic acids is 1. The fourth-order valence-electron chi connectivity index (χ4n) is 2.67. The molecular formula is C17H24FNO5S. The Balaban J connectivity index is 1.87. The minimum Gasteiger partial charge on any atom is -0.463 e. The van der Waals surface area contributed by atoms with Crippen molar-refractivity contribution in [2.75, 3.05) is 26.3 Å². The highest BCUT2D eigenvalue weighted by atomic mass is 32.2. The van der Waals surface area contributed by atoms with E-state index in [9.17, 15) is 17.6 Å². The molecule has 1 fully saturated rings. The van der Waals surface area contributed by atoms with Crippen LogP contribution in [0.2, 0.25) is 0 Å². The van der Waals surface area contributed by atoms with E-state index < -0.39 is 15.8 Å². The van der Waals surface area contributed by atoms with Crippen molar-refractivity contribution in [1.29, 1.82) is 0 Å².